The lowest BCUT2D eigenvalue weighted by atomic mass is 10.1. The standard InChI is InChI=1S/C22H37NO5/c1-5-9-11-23-22(24)28-20-15-18(10-6-2)14-19(16-20)27-17-21(25-12-7-3)26-13-8-4/h14-16,21H,5-13,17H2,1-4H3,(H,23,24). The van der Waals surface area contributed by atoms with Crippen molar-refractivity contribution < 1.29 is 23.7 Å². The summed E-state index contributed by atoms with van der Waals surface area (Å²) in [7, 11) is 0. The van der Waals surface area contributed by atoms with Crippen LogP contribution in [0.5, 0.6) is 11.5 Å². The van der Waals surface area contributed by atoms with Gasteiger partial charge in [-0.05, 0) is 43.4 Å². The topological polar surface area (TPSA) is 66.0 Å². The quantitative estimate of drug-likeness (QED) is 0.331. The lowest BCUT2D eigenvalue weighted by Gasteiger charge is -2.19. The first-order chi connectivity index (χ1) is 13.6. The molecule has 0 radical (unpaired) electrons. The van der Waals surface area contributed by atoms with Gasteiger partial charge in [0.15, 0.2) is 6.29 Å². The van der Waals surface area contributed by atoms with E-state index in [1.54, 1.807) is 6.07 Å². The Balaban J connectivity index is 2.74. The smallest absolute Gasteiger partial charge is 0.412 e. The molecule has 0 aliphatic rings. The van der Waals surface area contributed by atoms with Crippen molar-refractivity contribution >= 4 is 6.09 Å². The zero-order chi connectivity index (χ0) is 20.6. The summed E-state index contributed by atoms with van der Waals surface area (Å²) >= 11 is 0. The Hall–Kier alpha value is -1.79. The van der Waals surface area contributed by atoms with Gasteiger partial charge in [-0.1, -0.05) is 40.5 Å². The fraction of sp³-hybridized carbons (Fsp3) is 0.682. The minimum absolute atomic E-state index is 0.289. The van der Waals surface area contributed by atoms with E-state index in [1.165, 1.54) is 0 Å². The first-order valence-corrected chi connectivity index (χ1v) is 10.6. The Morgan fingerprint density at radius 1 is 0.929 bits per heavy atom. The van der Waals surface area contributed by atoms with Gasteiger partial charge in [0, 0.05) is 25.8 Å². The number of unbranched alkanes of at least 4 members (excludes halogenated alkanes) is 1. The van der Waals surface area contributed by atoms with Crippen LogP contribution in [0.2, 0.25) is 0 Å². The zero-order valence-corrected chi connectivity index (χ0v) is 17.9. The predicted octanol–water partition coefficient (Wildman–Crippen LogP) is 5.09. The van der Waals surface area contributed by atoms with Crippen LogP contribution in [0.1, 0.15) is 65.4 Å². The average molecular weight is 396 g/mol. The predicted molar refractivity (Wildman–Crippen MR) is 111 cm³/mol. The fourth-order valence-electron chi connectivity index (χ4n) is 2.52. The first-order valence-electron chi connectivity index (χ1n) is 10.6. The van der Waals surface area contributed by atoms with Gasteiger partial charge in [0.05, 0.1) is 0 Å². The van der Waals surface area contributed by atoms with Gasteiger partial charge in [0.25, 0.3) is 0 Å². The Morgan fingerprint density at radius 3 is 2.21 bits per heavy atom. The monoisotopic (exact) mass is 395 g/mol. The van der Waals surface area contributed by atoms with Crippen LogP contribution in [0.25, 0.3) is 0 Å². The van der Waals surface area contributed by atoms with Crippen LogP contribution in [0, 0.1) is 0 Å². The number of benzene rings is 1. The summed E-state index contributed by atoms with van der Waals surface area (Å²) in [6.07, 6.45) is 4.81. The molecule has 0 spiro atoms. The summed E-state index contributed by atoms with van der Waals surface area (Å²) in [5.41, 5.74) is 1.07. The molecule has 28 heavy (non-hydrogen) atoms. The Bertz CT molecular complexity index is 542. The van der Waals surface area contributed by atoms with Crippen LogP contribution in [0.15, 0.2) is 18.2 Å². The van der Waals surface area contributed by atoms with Crippen molar-refractivity contribution in [2.24, 2.45) is 0 Å². The molecule has 1 aromatic rings. The number of ether oxygens (including phenoxy) is 4. The number of rotatable bonds is 15. The third-order valence-corrected chi connectivity index (χ3v) is 3.89. The van der Waals surface area contributed by atoms with Gasteiger partial charge in [-0.3, -0.25) is 0 Å². The molecule has 6 heteroatoms. The van der Waals surface area contributed by atoms with Gasteiger partial charge >= 0.3 is 6.09 Å². The lowest BCUT2D eigenvalue weighted by molar-refractivity contribution is -0.158. The van der Waals surface area contributed by atoms with E-state index in [9.17, 15) is 4.79 Å². The molecule has 0 saturated heterocycles. The van der Waals surface area contributed by atoms with E-state index in [4.69, 9.17) is 18.9 Å². The maximum Gasteiger partial charge on any atom is 0.412 e. The molecule has 0 aliphatic carbocycles. The summed E-state index contributed by atoms with van der Waals surface area (Å²) in [6.45, 7) is 10.4. The number of carbonyl (C=O) groups excluding carboxylic acids is 1. The van der Waals surface area contributed by atoms with Gasteiger partial charge in [-0.25, -0.2) is 4.79 Å². The second kappa shape index (κ2) is 15.2. The minimum atomic E-state index is -0.441. The molecule has 0 atom stereocenters. The summed E-state index contributed by atoms with van der Waals surface area (Å²) < 4.78 is 22.7. The third-order valence-electron chi connectivity index (χ3n) is 3.89. The molecular weight excluding hydrogens is 358 g/mol. The molecule has 0 heterocycles. The molecule has 0 aromatic heterocycles. The second-order valence-corrected chi connectivity index (χ2v) is 6.71. The molecule has 0 unspecified atom stereocenters. The van der Waals surface area contributed by atoms with E-state index in [-0.39, 0.29) is 6.61 Å². The van der Waals surface area contributed by atoms with E-state index < -0.39 is 12.4 Å². The number of hydrogen-bond acceptors (Lipinski definition) is 5. The Kier molecular flexibility index (Phi) is 13.1. The molecule has 6 nitrogen and oxygen atoms in total. The van der Waals surface area contributed by atoms with E-state index in [2.05, 4.69) is 33.0 Å². The van der Waals surface area contributed by atoms with Crippen LogP contribution < -0.4 is 14.8 Å². The lowest BCUT2D eigenvalue weighted by Crippen LogP contribution is -2.27. The molecule has 1 rings (SSSR count). The highest BCUT2D eigenvalue weighted by molar-refractivity contribution is 5.70. The highest BCUT2D eigenvalue weighted by Crippen LogP contribution is 2.24. The number of carbonyl (C=O) groups is 1. The number of hydrogen-bond donors (Lipinski definition) is 1. The summed E-state index contributed by atoms with van der Waals surface area (Å²) in [5.74, 6) is 1.13. The SMILES string of the molecule is CCCCNC(=O)Oc1cc(CCC)cc(OCC(OCCC)OCCC)c1. The second-order valence-electron chi connectivity index (χ2n) is 6.71. The largest absolute Gasteiger partial charge is 0.488 e. The number of amides is 1. The molecule has 0 aliphatic heterocycles. The van der Waals surface area contributed by atoms with E-state index in [0.29, 0.717) is 31.3 Å². The van der Waals surface area contributed by atoms with Crippen LogP contribution in [-0.4, -0.2) is 38.7 Å². The van der Waals surface area contributed by atoms with Crippen molar-refractivity contribution in [3.8, 4) is 11.5 Å². The van der Waals surface area contributed by atoms with Crippen LogP contribution in [-0.2, 0) is 15.9 Å². The highest BCUT2D eigenvalue weighted by Gasteiger charge is 2.12. The molecule has 1 aromatic carbocycles. The summed E-state index contributed by atoms with van der Waals surface area (Å²) in [5, 5.41) is 2.76. The average Bonchev–Trinajstić information content (AvgIpc) is 2.67. The highest BCUT2D eigenvalue weighted by atomic mass is 16.7. The van der Waals surface area contributed by atoms with E-state index in [1.807, 2.05) is 12.1 Å². The van der Waals surface area contributed by atoms with Crippen LogP contribution in [0.4, 0.5) is 4.79 Å². The van der Waals surface area contributed by atoms with E-state index in [0.717, 1.165) is 44.1 Å². The number of nitrogens with one attached hydrogen (secondary N) is 1. The molecule has 0 bridgehead atoms. The van der Waals surface area contributed by atoms with Crippen molar-refractivity contribution in [2.45, 2.75) is 72.5 Å². The van der Waals surface area contributed by atoms with E-state index >= 15 is 0 Å². The molecule has 1 amide bonds. The van der Waals surface area contributed by atoms with Crippen molar-refractivity contribution in [2.75, 3.05) is 26.4 Å². The molecule has 1 N–H and O–H groups in total. The van der Waals surface area contributed by atoms with Crippen molar-refractivity contribution in [1.82, 2.24) is 5.32 Å². The molecule has 0 saturated carbocycles. The van der Waals surface area contributed by atoms with Gasteiger partial charge in [-0.15, -0.1) is 0 Å². The van der Waals surface area contributed by atoms with Gasteiger partial charge in [0.2, 0.25) is 0 Å². The van der Waals surface area contributed by atoms with Crippen molar-refractivity contribution in [1.29, 1.82) is 0 Å². The normalized spacial score (nSPS) is 10.9. The maximum absolute atomic E-state index is 12.0. The summed E-state index contributed by atoms with van der Waals surface area (Å²) in [6, 6.07) is 5.59. The van der Waals surface area contributed by atoms with Crippen LogP contribution >= 0.6 is 0 Å². The Morgan fingerprint density at radius 2 is 1.61 bits per heavy atom. The van der Waals surface area contributed by atoms with Crippen molar-refractivity contribution in [3.05, 3.63) is 23.8 Å². The molecule has 0 fully saturated rings. The summed E-state index contributed by atoms with van der Waals surface area (Å²) in [4.78, 5) is 12.0. The van der Waals surface area contributed by atoms with Crippen LogP contribution in [0.3, 0.4) is 0 Å². The van der Waals surface area contributed by atoms with Gasteiger partial charge < -0.3 is 24.3 Å². The minimum Gasteiger partial charge on any atom is -0.488 e. The maximum atomic E-state index is 12.0. The number of aryl methyl sites for hydroxylation is 1. The zero-order valence-electron chi connectivity index (χ0n) is 17.9. The van der Waals surface area contributed by atoms with Gasteiger partial charge in [-0.2, -0.15) is 0 Å². The first kappa shape index (κ1) is 24.2. The fourth-order valence-corrected chi connectivity index (χ4v) is 2.52. The van der Waals surface area contributed by atoms with Crippen molar-refractivity contribution in [3.63, 3.8) is 0 Å². The third kappa shape index (κ3) is 10.5. The molecule has 160 valence electrons. The Labute approximate surface area is 169 Å². The van der Waals surface area contributed by atoms with Gasteiger partial charge in [0.1, 0.15) is 18.1 Å². The molecular formula is C22H37NO5.